The molecule has 4 nitrogen and oxygen atoms in total. The average molecular weight is 198 g/mol. The summed E-state index contributed by atoms with van der Waals surface area (Å²) in [5.74, 6) is 2.76. The lowest BCUT2D eigenvalue weighted by Gasteiger charge is -2.26. The van der Waals surface area contributed by atoms with Crippen LogP contribution in [0.25, 0.3) is 0 Å². The van der Waals surface area contributed by atoms with Crippen LogP contribution in [0, 0.1) is 29.6 Å². The minimum Gasteiger partial charge on any atom is -0.257 e. The minimum absolute atomic E-state index is 0.0955. The number of hydrogen-bond donors (Lipinski definition) is 0. The third kappa shape index (κ3) is 1.51. The Bertz CT molecular complexity index is 444. The van der Waals surface area contributed by atoms with E-state index in [0.717, 1.165) is 5.70 Å². The molecular weight excluding hydrogens is 188 g/mol. The zero-order chi connectivity index (χ0) is 10.8. The van der Waals surface area contributed by atoms with Gasteiger partial charge in [-0.25, -0.2) is 0 Å². The fourth-order valence-corrected chi connectivity index (χ4v) is 1.91. The zero-order valence-electron chi connectivity index (χ0n) is 8.38. The van der Waals surface area contributed by atoms with Crippen LogP contribution in [0.2, 0.25) is 0 Å². The van der Waals surface area contributed by atoms with Gasteiger partial charge in [0, 0.05) is 5.92 Å². The van der Waals surface area contributed by atoms with Gasteiger partial charge in [0.05, 0.1) is 29.9 Å². The summed E-state index contributed by atoms with van der Waals surface area (Å²) in [5, 5.41) is 18.6. The van der Waals surface area contributed by atoms with Crippen LogP contribution in [0.5, 0.6) is 0 Å². The third-order valence-electron chi connectivity index (χ3n) is 2.53. The smallest absolute Gasteiger partial charge is 0.0998 e. The SMILES string of the molecule is C#CCN1N=NC2=CC(C#N)=CC(C)C21. The van der Waals surface area contributed by atoms with Crippen LogP contribution in [0.1, 0.15) is 6.92 Å². The Balaban J connectivity index is 2.29. The number of allylic oxidation sites excluding steroid dienone is 2. The van der Waals surface area contributed by atoms with Crippen molar-refractivity contribution in [1.29, 1.82) is 5.26 Å². The van der Waals surface area contributed by atoms with Crippen molar-refractivity contribution in [3.05, 3.63) is 23.4 Å². The average Bonchev–Trinajstić information content (AvgIpc) is 2.62. The van der Waals surface area contributed by atoms with Crippen molar-refractivity contribution >= 4 is 0 Å². The zero-order valence-corrected chi connectivity index (χ0v) is 8.38. The molecule has 0 aromatic carbocycles. The molecule has 2 unspecified atom stereocenters. The summed E-state index contributed by atoms with van der Waals surface area (Å²) in [4.78, 5) is 0. The van der Waals surface area contributed by atoms with Gasteiger partial charge in [0.1, 0.15) is 0 Å². The molecule has 2 aliphatic rings. The summed E-state index contributed by atoms with van der Waals surface area (Å²) in [6.07, 6.45) is 8.94. The molecule has 1 aliphatic carbocycles. The van der Waals surface area contributed by atoms with Crippen molar-refractivity contribution in [2.24, 2.45) is 16.3 Å². The van der Waals surface area contributed by atoms with Crippen LogP contribution in [0.15, 0.2) is 33.8 Å². The van der Waals surface area contributed by atoms with Crippen molar-refractivity contribution in [2.75, 3.05) is 6.54 Å². The highest BCUT2D eigenvalue weighted by atomic mass is 15.6. The van der Waals surface area contributed by atoms with Gasteiger partial charge >= 0.3 is 0 Å². The molecule has 0 fully saturated rings. The van der Waals surface area contributed by atoms with Crippen LogP contribution in [0.4, 0.5) is 0 Å². The molecule has 0 saturated carbocycles. The highest BCUT2D eigenvalue weighted by molar-refractivity contribution is 5.42. The predicted octanol–water partition coefficient (Wildman–Crippen LogP) is 1.65. The number of fused-ring (bicyclic) bond motifs is 1. The predicted molar refractivity (Wildman–Crippen MR) is 55.1 cm³/mol. The monoisotopic (exact) mass is 198 g/mol. The Labute approximate surface area is 88.6 Å². The molecule has 0 radical (unpaired) electrons. The van der Waals surface area contributed by atoms with Gasteiger partial charge in [-0.3, -0.25) is 5.01 Å². The van der Waals surface area contributed by atoms with Crippen LogP contribution >= 0.6 is 0 Å². The lowest BCUT2D eigenvalue weighted by Crippen LogP contribution is -2.34. The number of terminal acetylenes is 1. The van der Waals surface area contributed by atoms with Crippen molar-refractivity contribution in [2.45, 2.75) is 13.0 Å². The lowest BCUT2D eigenvalue weighted by molar-refractivity contribution is 0.242. The summed E-state index contributed by atoms with van der Waals surface area (Å²) < 4.78 is 0. The van der Waals surface area contributed by atoms with Gasteiger partial charge in [-0.2, -0.15) is 5.26 Å². The van der Waals surface area contributed by atoms with Gasteiger partial charge in [-0.05, 0) is 6.08 Å². The van der Waals surface area contributed by atoms with E-state index in [0.29, 0.717) is 12.1 Å². The van der Waals surface area contributed by atoms with Crippen molar-refractivity contribution < 1.29 is 0 Å². The highest BCUT2D eigenvalue weighted by Crippen LogP contribution is 2.32. The fraction of sp³-hybridized carbons (Fsp3) is 0.364. The number of hydrogen-bond acceptors (Lipinski definition) is 4. The first-order valence-electron chi connectivity index (χ1n) is 4.71. The van der Waals surface area contributed by atoms with Crippen LogP contribution in [-0.2, 0) is 0 Å². The summed E-state index contributed by atoms with van der Waals surface area (Å²) in [5.41, 5.74) is 1.48. The van der Waals surface area contributed by atoms with E-state index < -0.39 is 0 Å². The van der Waals surface area contributed by atoms with E-state index >= 15 is 0 Å². The Morgan fingerprint density at radius 2 is 2.47 bits per heavy atom. The molecular formula is C11H10N4. The summed E-state index contributed by atoms with van der Waals surface area (Å²) >= 11 is 0. The van der Waals surface area contributed by atoms with E-state index in [4.69, 9.17) is 11.7 Å². The van der Waals surface area contributed by atoms with Crippen LogP contribution in [-0.4, -0.2) is 17.6 Å². The Hall–Kier alpha value is -2.07. The van der Waals surface area contributed by atoms with Gasteiger partial charge in [0.25, 0.3) is 0 Å². The third-order valence-corrected chi connectivity index (χ3v) is 2.53. The summed E-state index contributed by atoms with van der Waals surface area (Å²) in [6, 6.07) is 2.21. The molecule has 4 heteroatoms. The molecule has 1 aliphatic heterocycles. The fourth-order valence-electron chi connectivity index (χ4n) is 1.91. The van der Waals surface area contributed by atoms with Gasteiger partial charge in [-0.15, -0.1) is 11.5 Å². The van der Waals surface area contributed by atoms with E-state index in [1.54, 1.807) is 11.1 Å². The molecule has 0 amide bonds. The number of nitriles is 1. The van der Waals surface area contributed by atoms with Crippen molar-refractivity contribution in [3.8, 4) is 18.4 Å². The molecule has 0 saturated heterocycles. The Kier molecular flexibility index (Phi) is 2.27. The highest BCUT2D eigenvalue weighted by Gasteiger charge is 2.33. The molecule has 0 N–H and O–H groups in total. The lowest BCUT2D eigenvalue weighted by atomic mass is 9.91. The van der Waals surface area contributed by atoms with Gasteiger partial charge < -0.3 is 0 Å². The molecule has 15 heavy (non-hydrogen) atoms. The quantitative estimate of drug-likeness (QED) is 0.601. The number of nitrogens with zero attached hydrogens (tertiary/aromatic N) is 4. The second kappa shape index (κ2) is 3.59. The Morgan fingerprint density at radius 1 is 1.67 bits per heavy atom. The number of rotatable bonds is 1. The molecule has 2 atom stereocenters. The standard InChI is InChI=1S/C11H10N4/c1-3-4-15-11-8(2)5-9(7-12)6-10(11)13-14-15/h1,5-6,8,11H,4H2,2H3. The van der Waals surface area contributed by atoms with E-state index in [1.165, 1.54) is 0 Å². The molecule has 0 bridgehead atoms. The molecule has 1 heterocycles. The summed E-state index contributed by atoms with van der Waals surface area (Å²) in [6.45, 7) is 2.49. The maximum absolute atomic E-state index is 8.82. The first kappa shape index (κ1) is 9.48. The van der Waals surface area contributed by atoms with Crippen molar-refractivity contribution in [3.63, 3.8) is 0 Å². The van der Waals surface area contributed by atoms with Crippen molar-refractivity contribution in [1.82, 2.24) is 5.01 Å². The maximum atomic E-state index is 8.82. The molecule has 0 aromatic heterocycles. The Morgan fingerprint density at radius 3 is 3.13 bits per heavy atom. The summed E-state index contributed by atoms with van der Waals surface area (Å²) in [7, 11) is 0. The largest absolute Gasteiger partial charge is 0.257 e. The second-order valence-electron chi connectivity index (χ2n) is 3.60. The van der Waals surface area contributed by atoms with E-state index in [-0.39, 0.29) is 12.0 Å². The minimum atomic E-state index is 0.0955. The molecule has 2 rings (SSSR count). The van der Waals surface area contributed by atoms with Crippen LogP contribution in [0.3, 0.4) is 0 Å². The topological polar surface area (TPSA) is 51.8 Å². The normalized spacial score (nSPS) is 27.5. The maximum Gasteiger partial charge on any atom is 0.0998 e. The van der Waals surface area contributed by atoms with E-state index in [2.05, 4.69) is 22.3 Å². The molecule has 0 aromatic rings. The molecule has 0 spiro atoms. The van der Waals surface area contributed by atoms with Gasteiger partial charge in [0.15, 0.2) is 0 Å². The first-order chi connectivity index (χ1) is 7.26. The van der Waals surface area contributed by atoms with E-state index in [9.17, 15) is 0 Å². The first-order valence-corrected chi connectivity index (χ1v) is 4.71. The van der Waals surface area contributed by atoms with Crippen LogP contribution < -0.4 is 0 Å². The van der Waals surface area contributed by atoms with Gasteiger partial charge in [-0.1, -0.05) is 24.1 Å². The van der Waals surface area contributed by atoms with E-state index in [1.807, 2.05) is 13.0 Å². The van der Waals surface area contributed by atoms with Gasteiger partial charge in [0.2, 0.25) is 0 Å². The second-order valence-corrected chi connectivity index (χ2v) is 3.60. The molecule has 74 valence electrons.